The Bertz CT molecular complexity index is 1230. The number of aryl methyl sites for hydroxylation is 1. The van der Waals surface area contributed by atoms with E-state index in [0.717, 1.165) is 5.57 Å². The predicted molar refractivity (Wildman–Crippen MR) is 126 cm³/mol. The highest BCUT2D eigenvalue weighted by molar-refractivity contribution is 6.32. The van der Waals surface area contributed by atoms with Crippen LogP contribution in [0.3, 0.4) is 0 Å². The molecule has 0 bridgehead atoms. The summed E-state index contributed by atoms with van der Waals surface area (Å²) in [5.74, 6) is -0.0818. The molecule has 1 aliphatic rings. The first-order chi connectivity index (χ1) is 15.4. The number of nitrogens with zero attached hydrogens (tertiary/aromatic N) is 5. The van der Waals surface area contributed by atoms with Gasteiger partial charge >= 0.3 is 0 Å². The quantitative estimate of drug-likeness (QED) is 0.570. The van der Waals surface area contributed by atoms with Gasteiger partial charge in [0, 0.05) is 47.6 Å². The summed E-state index contributed by atoms with van der Waals surface area (Å²) in [6.45, 7) is 3.24. The minimum absolute atomic E-state index is 0.287. The Kier molecular flexibility index (Phi) is 6.55. The molecule has 4 rings (SSSR count). The molecule has 1 unspecified atom stereocenters. The summed E-state index contributed by atoms with van der Waals surface area (Å²) in [7, 11) is 1.67. The van der Waals surface area contributed by atoms with Gasteiger partial charge in [-0.05, 0) is 31.2 Å². The maximum Gasteiger partial charge on any atom is 0.228 e. The second kappa shape index (κ2) is 9.36. The van der Waals surface area contributed by atoms with Crippen molar-refractivity contribution in [2.24, 2.45) is 10.7 Å². The average molecular weight is 475 g/mol. The lowest BCUT2D eigenvalue weighted by Crippen LogP contribution is -2.44. The van der Waals surface area contributed by atoms with E-state index in [2.05, 4.69) is 15.0 Å². The molecule has 0 radical (unpaired) electrons. The van der Waals surface area contributed by atoms with Crippen molar-refractivity contribution in [3.8, 4) is 11.3 Å². The molecule has 1 atom stereocenters. The van der Waals surface area contributed by atoms with E-state index < -0.39 is 5.82 Å². The van der Waals surface area contributed by atoms with Crippen LogP contribution in [-0.2, 0) is 4.74 Å². The van der Waals surface area contributed by atoms with Gasteiger partial charge in [0.25, 0.3) is 0 Å². The fourth-order valence-corrected chi connectivity index (χ4v) is 3.86. The third-order valence-corrected chi connectivity index (χ3v) is 5.80. The summed E-state index contributed by atoms with van der Waals surface area (Å²) in [6.07, 6.45) is 2.84. The van der Waals surface area contributed by atoms with Gasteiger partial charge in [-0.1, -0.05) is 23.2 Å². The fraction of sp³-hybridized carbons (Fsp3) is 0.273. The zero-order chi connectivity index (χ0) is 22.8. The zero-order valence-electron chi connectivity index (χ0n) is 17.5. The summed E-state index contributed by atoms with van der Waals surface area (Å²) in [5, 5.41) is 1.30. The van der Waals surface area contributed by atoms with Crippen LogP contribution in [0.1, 0.15) is 5.69 Å². The molecular formula is C22H21Cl2FN6O. The lowest BCUT2D eigenvalue weighted by Gasteiger charge is -2.33. The lowest BCUT2D eigenvalue weighted by molar-refractivity contribution is 0.0674. The van der Waals surface area contributed by atoms with Crippen molar-refractivity contribution in [3.05, 3.63) is 57.6 Å². The van der Waals surface area contributed by atoms with Crippen LogP contribution in [0.4, 0.5) is 10.3 Å². The van der Waals surface area contributed by atoms with Crippen LogP contribution in [-0.4, -0.2) is 54.0 Å². The molecule has 2 aromatic heterocycles. The van der Waals surface area contributed by atoms with Gasteiger partial charge in [-0.15, -0.1) is 0 Å². The molecule has 2 N–H and O–H groups in total. The molecule has 1 aromatic carbocycles. The van der Waals surface area contributed by atoms with E-state index >= 15 is 0 Å². The Morgan fingerprint density at radius 1 is 1.28 bits per heavy atom. The van der Waals surface area contributed by atoms with Gasteiger partial charge in [-0.3, -0.25) is 4.99 Å². The van der Waals surface area contributed by atoms with E-state index in [4.69, 9.17) is 38.7 Å². The van der Waals surface area contributed by atoms with Crippen LogP contribution in [0.5, 0.6) is 0 Å². The van der Waals surface area contributed by atoms with Crippen LogP contribution in [0, 0.1) is 12.7 Å². The molecule has 1 fully saturated rings. The summed E-state index contributed by atoms with van der Waals surface area (Å²) >= 11 is 12.3. The first-order valence-electron chi connectivity index (χ1n) is 9.92. The minimum atomic E-state index is -0.493. The van der Waals surface area contributed by atoms with Crippen LogP contribution in [0.2, 0.25) is 10.0 Å². The van der Waals surface area contributed by atoms with Crippen molar-refractivity contribution < 1.29 is 9.13 Å². The van der Waals surface area contributed by atoms with Crippen LogP contribution < -0.4 is 10.6 Å². The number of ether oxygens (including phenoxy) is 1. The number of nitrogens with two attached hydrogens (primary N) is 1. The number of pyridine rings is 1. The smallest absolute Gasteiger partial charge is 0.228 e. The summed E-state index contributed by atoms with van der Waals surface area (Å²) in [6, 6.07) is 6.17. The Hall–Kier alpha value is -2.81. The van der Waals surface area contributed by atoms with Crippen molar-refractivity contribution >= 4 is 46.4 Å². The highest BCUT2D eigenvalue weighted by Gasteiger charge is 2.26. The average Bonchev–Trinajstić information content (AvgIpc) is 2.78. The van der Waals surface area contributed by atoms with Gasteiger partial charge in [0.15, 0.2) is 5.65 Å². The maximum absolute atomic E-state index is 14.8. The highest BCUT2D eigenvalue weighted by atomic mass is 35.5. The van der Waals surface area contributed by atoms with E-state index in [1.54, 1.807) is 38.4 Å². The number of aliphatic imine (C=N–C) groups is 1. The number of hydrogen-bond donors (Lipinski definition) is 1. The maximum atomic E-state index is 14.8. The van der Waals surface area contributed by atoms with Crippen molar-refractivity contribution in [1.29, 1.82) is 0 Å². The van der Waals surface area contributed by atoms with Gasteiger partial charge in [-0.25, -0.2) is 14.4 Å². The monoisotopic (exact) mass is 474 g/mol. The topological polar surface area (TPSA) is 89.5 Å². The number of rotatable bonds is 4. The van der Waals surface area contributed by atoms with Crippen LogP contribution in [0.15, 0.2) is 41.0 Å². The highest BCUT2D eigenvalue weighted by Crippen LogP contribution is 2.33. The lowest BCUT2D eigenvalue weighted by atomic mass is 10.1. The number of aromatic nitrogens is 3. The second-order valence-electron chi connectivity index (χ2n) is 7.28. The van der Waals surface area contributed by atoms with Gasteiger partial charge < -0.3 is 15.4 Å². The van der Waals surface area contributed by atoms with Gasteiger partial charge in [0.05, 0.1) is 29.6 Å². The molecule has 1 aliphatic heterocycles. The van der Waals surface area contributed by atoms with Crippen LogP contribution >= 0.6 is 23.2 Å². The standard InChI is InChI=1S/C22H21Cl2FN6O/c1-12-17(24)8-16-20(15-4-3-14(23)7-18(15)25)29-22(30-21(16)28-12)31-5-6-32-19(11-31)13(9-26)10-27-2/h3-4,7-10,19H,5-6,11,26H2,1-2H3/b13-9+,27-10?. The number of halogens is 3. The molecule has 1 saturated heterocycles. The van der Waals surface area contributed by atoms with Crippen molar-refractivity contribution in [2.75, 3.05) is 31.6 Å². The summed E-state index contributed by atoms with van der Waals surface area (Å²) in [5.41, 5.74) is 8.23. The molecule has 32 heavy (non-hydrogen) atoms. The van der Waals surface area contributed by atoms with E-state index in [0.29, 0.717) is 58.1 Å². The molecule has 0 saturated carbocycles. The molecule has 0 amide bonds. The van der Waals surface area contributed by atoms with Crippen LogP contribution in [0.25, 0.3) is 22.3 Å². The second-order valence-corrected chi connectivity index (χ2v) is 8.13. The molecule has 166 valence electrons. The Balaban J connectivity index is 1.84. The third kappa shape index (κ3) is 4.39. The number of fused-ring (bicyclic) bond motifs is 1. The Morgan fingerprint density at radius 2 is 2.09 bits per heavy atom. The molecule has 3 heterocycles. The van der Waals surface area contributed by atoms with E-state index in [9.17, 15) is 4.39 Å². The number of morpholine rings is 1. The largest absolute Gasteiger partial charge is 0.404 e. The van der Waals surface area contributed by atoms with E-state index in [-0.39, 0.29) is 11.7 Å². The first-order valence-corrected chi connectivity index (χ1v) is 10.7. The third-order valence-electron chi connectivity index (χ3n) is 5.18. The zero-order valence-corrected chi connectivity index (χ0v) is 19.0. The van der Waals surface area contributed by atoms with Gasteiger partial charge in [0.1, 0.15) is 11.9 Å². The summed E-state index contributed by atoms with van der Waals surface area (Å²) in [4.78, 5) is 19.9. The SMILES string of the molecule is CN=C/C(=C\N)C1CN(c2nc(-c3ccc(Cl)cc3F)c3cc(Cl)c(C)nc3n2)CCO1. The predicted octanol–water partition coefficient (Wildman–Crippen LogP) is 4.19. The molecule has 10 heteroatoms. The number of hydrogen-bond acceptors (Lipinski definition) is 7. The molecule has 0 spiro atoms. The number of anilines is 1. The molecular weight excluding hydrogens is 454 g/mol. The van der Waals surface area contributed by atoms with Crippen molar-refractivity contribution in [3.63, 3.8) is 0 Å². The Morgan fingerprint density at radius 3 is 2.81 bits per heavy atom. The van der Waals surface area contributed by atoms with E-state index in [1.807, 2.05) is 4.90 Å². The van der Waals surface area contributed by atoms with Crippen molar-refractivity contribution in [1.82, 2.24) is 15.0 Å². The fourth-order valence-electron chi connectivity index (χ4n) is 3.55. The van der Waals surface area contributed by atoms with Gasteiger partial charge in [-0.2, -0.15) is 4.98 Å². The van der Waals surface area contributed by atoms with Gasteiger partial charge in [0.2, 0.25) is 5.95 Å². The van der Waals surface area contributed by atoms with E-state index in [1.165, 1.54) is 12.3 Å². The van der Waals surface area contributed by atoms with Crippen molar-refractivity contribution in [2.45, 2.75) is 13.0 Å². The molecule has 0 aliphatic carbocycles. The Labute approximate surface area is 194 Å². The summed E-state index contributed by atoms with van der Waals surface area (Å²) < 4.78 is 20.7. The number of benzene rings is 1. The molecule has 7 nitrogen and oxygen atoms in total. The molecule has 3 aromatic rings. The minimum Gasteiger partial charge on any atom is -0.404 e. The normalized spacial score (nSPS) is 17.5. The first kappa shape index (κ1) is 22.4.